The molecule has 0 unspecified atom stereocenters. The standard InChI is InChI=1S/C12H15F2NO2/c1-9-6-10(8-17)2-3-11(9)15(4-5-16)7-12(13)14/h2-3,6,8,12,16H,4-5,7H2,1H3. The Hall–Kier alpha value is -1.49. The summed E-state index contributed by atoms with van der Waals surface area (Å²) in [6, 6.07) is 4.83. The maximum absolute atomic E-state index is 12.4. The Morgan fingerprint density at radius 2 is 2.18 bits per heavy atom. The van der Waals surface area contributed by atoms with Crippen LogP contribution in [0.3, 0.4) is 0 Å². The number of aldehydes is 1. The van der Waals surface area contributed by atoms with Crippen LogP contribution in [0.2, 0.25) is 0 Å². The van der Waals surface area contributed by atoms with Crippen LogP contribution in [0.4, 0.5) is 14.5 Å². The van der Waals surface area contributed by atoms with Gasteiger partial charge in [-0.3, -0.25) is 4.79 Å². The van der Waals surface area contributed by atoms with E-state index < -0.39 is 13.0 Å². The van der Waals surface area contributed by atoms with Crippen LogP contribution in [0.25, 0.3) is 0 Å². The zero-order valence-electron chi connectivity index (χ0n) is 9.57. The fourth-order valence-corrected chi connectivity index (χ4v) is 1.70. The molecule has 1 rings (SSSR count). The van der Waals surface area contributed by atoms with Gasteiger partial charge in [0.05, 0.1) is 13.2 Å². The van der Waals surface area contributed by atoms with E-state index in [-0.39, 0.29) is 13.2 Å². The Balaban J connectivity index is 2.96. The Bertz CT molecular complexity index is 383. The summed E-state index contributed by atoms with van der Waals surface area (Å²) in [4.78, 5) is 12.0. The molecule has 3 nitrogen and oxygen atoms in total. The number of hydrogen-bond donors (Lipinski definition) is 1. The molecule has 0 spiro atoms. The average molecular weight is 243 g/mol. The minimum absolute atomic E-state index is 0.144. The number of carbonyl (C=O) groups excluding carboxylic acids is 1. The van der Waals surface area contributed by atoms with Gasteiger partial charge in [-0.05, 0) is 30.7 Å². The topological polar surface area (TPSA) is 40.5 Å². The minimum Gasteiger partial charge on any atom is -0.395 e. The quantitative estimate of drug-likeness (QED) is 0.775. The molecule has 0 atom stereocenters. The fraction of sp³-hybridized carbons (Fsp3) is 0.417. The lowest BCUT2D eigenvalue weighted by atomic mass is 10.1. The number of aliphatic hydroxyl groups is 1. The molecule has 0 aliphatic rings. The van der Waals surface area contributed by atoms with E-state index in [0.29, 0.717) is 17.5 Å². The van der Waals surface area contributed by atoms with Crippen molar-refractivity contribution in [1.29, 1.82) is 0 Å². The van der Waals surface area contributed by atoms with Crippen LogP contribution in [0.1, 0.15) is 15.9 Å². The molecule has 0 radical (unpaired) electrons. The van der Waals surface area contributed by atoms with Crippen LogP contribution < -0.4 is 4.90 Å². The van der Waals surface area contributed by atoms with Crippen LogP contribution in [-0.4, -0.2) is 37.5 Å². The number of alkyl halides is 2. The number of carbonyl (C=O) groups is 1. The molecule has 0 bridgehead atoms. The number of hydrogen-bond acceptors (Lipinski definition) is 3. The number of aliphatic hydroxyl groups excluding tert-OH is 1. The third-order valence-corrected chi connectivity index (χ3v) is 2.43. The maximum atomic E-state index is 12.4. The van der Waals surface area contributed by atoms with Gasteiger partial charge in [-0.1, -0.05) is 0 Å². The molecule has 0 fully saturated rings. The summed E-state index contributed by atoms with van der Waals surface area (Å²) in [6.07, 6.45) is -1.76. The highest BCUT2D eigenvalue weighted by Gasteiger charge is 2.14. The van der Waals surface area contributed by atoms with Gasteiger partial charge in [-0.2, -0.15) is 0 Å². The van der Waals surface area contributed by atoms with Crippen molar-refractivity contribution in [3.05, 3.63) is 29.3 Å². The Morgan fingerprint density at radius 1 is 1.47 bits per heavy atom. The van der Waals surface area contributed by atoms with Crippen LogP contribution in [0, 0.1) is 6.92 Å². The van der Waals surface area contributed by atoms with Crippen molar-refractivity contribution in [2.45, 2.75) is 13.3 Å². The number of aryl methyl sites for hydroxylation is 1. The van der Waals surface area contributed by atoms with E-state index >= 15 is 0 Å². The first-order valence-electron chi connectivity index (χ1n) is 5.28. The summed E-state index contributed by atoms with van der Waals surface area (Å²) < 4.78 is 24.8. The van der Waals surface area contributed by atoms with Gasteiger partial charge in [0.2, 0.25) is 0 Å². The minimum atomic E-state index is -2.47. The number of rotatable bonds is 6. The van der Waals surface area contributed by atoms with Crippen molar-refractivity contribution in [2.75, 3.05) is 24.6 Å². The van der Waals surface area contributed by atoms with Gasteiger partial charge >= 0.3 is 0 Å². The molecular formula is C12H15F2NO2. The van der Waals surface area contributed by atoms with Crippen molar-refractivity contribution >= 4 is 12.0 Å². The van der Waals surface area contributed by atoms with Crippen LogP contribution >= 0.6 is 0 Å². The van der Waals surface area contributed by atoms with Crippen LogP contribution in [-0.2, 0) is 0 Å². The van der Waals surface area contributed by atoms with E-state index in [1.807, 2.05) is 0 Å². The predicted molar refractivity (Wildman–Crippen MR) is 61.9 cm³/mol. The summed E-state index contributed by atoms with van der Waals surface area (Å²) in [7, 11) is 0. The molecule has 94 valence electrons. The molecule has 0 saturated carbocycles. The van der Waals surface area contributed by atoms with E-state index in [2.05, 4.69) is 0 Å². The van der Waals surface area contributed by atoms with Crippen LogP contribution in [0.15, 0.2) is 18.2 Å². The third kappa shape index (κ3) is 3.78. The molecule has 1 aromatic carbocycles. The Kier molecular flexibility index (Phi) is 5.03. The number of nitrogens with zero attached hydrogens (tertiary/aromatic N) is 1. The average Bonchev–Trinajstić information content (AvgIpc) is 2.27. The van der Waals surface area contributed by atoms with Gasteiger partial charge < -0.3 is 10.0 Å². The molecule has 5 heteroatoms. The maximum Gasteiger partial charge on any atom is 0.255 e. The molecule has 0 heterocycles. The van der Waals surface area contributed by atoms with E-state index in [1.54, 1.807) is 25.1 Å². The lowest BCUT2D eigenvalue weighted by Gasteiger charge is -2.25. The van der Waals surface area contributed by atoms with Gasteiger partial charge in [0.15, 0.2) is 0 Å². The second-order valence-electron chi connectivity index (χ2n) is 3.72. The lowest BCUT2D eigenvalue weighted by molar-refractivity contribution is 0.112. The predicted octanol–water partition coefficient (Wildman–Crippen LogP) is 1.87. The summed E-state index contributed by atoms with van der Waals surface area (Å²) in [5.74, 6) is 0. The van der Waals surface area contributed by atoms with E-state index in [1.165, 1.54) is 4.90 Å². The lowest BCUT2D eigenvalue weighted by Crippen LogP contribution is -2.32. The van der Waals surface area contributed by atoms with Gasteiger partial charge in [0.1, 0.15) is 6.29 Å². The Morgan fingerprint density at radius 3 is 2.65 bits per heavy atom. The van der Waals surface area contributed by atoms with Gasteiger partial charge in [-0.25, -0.2) is 8.78 Å². The van der Waals surface area contributed by atoms with E-state index in [4.69, 9.17) is 5.11 Å². The molecular weight excluding hydrogens is 228 g/mol. The van der Waals surface area contributed by atoms with Crippen molar-refractivity contribution in [2.24, 2.45) is 0 Å². The highest BCUT2D eigenvalue weighted by Crippen LogP contribution is 2.21. The molecule has 0 aliphatic carbocycles. The smallest absolute Gasteiger partial charge is 0.255 e. The normalized spacial score (nSPS) is 10.6. The SMILES string of the molecule is Cc1cc(C=O)ccc1N(CCO)CC(F)F. The highest BCUT2D eigenvalue weighted by atomic mass is 19.3. The second kappa shape index (κ2) is 6.30. The van der Waals surface area contributed by atoms with Crippen molar-refractivity contribution in [3.8, 4) is 0 Å². The Labute approximate surface area is 98.7 Å². The number of benzene rings is 1. The molecule has 0 aromatic heterocycles. The fourth-order valence-electron chi connectivity index (χ4n) is 1.70. The van der Waals surface area contributed by atoms with Gasteiger partial charge in [0.25, 0.3) is 6.43 Å². The first-order valence-corrected chi connectivity index (χ1v) is 5.28. The molecule has 1 N–H and O–H groups in total. The van der Waals surface area contributed by atoms with E-state index in [9.17, 15) is 13.6 Å². The molecule has 17 heavy (non-hydrogen) atoms. The number of anilines is 1. The zero-order valence-corrected chi connectivity index (χ0v) is 9.57. The summed E-state index contributed by atoms with van der Waals surface area (Å²) >= 11 is 0. The van der Waals surface area contributed by atoms with Gasteiger partial charge in [-0.15, -0.1) is 0 Å². The van der Waals surface area contributed by atoms with Crippen molar-refractivity contribution in [3.63, 3.8) is 0 Å². The monoisotopic (exact) mass is 243 g/mol. The molecule has 0 saturated heterocycles. The summed E-state index contributed by atoms with van der Waals surface area (Å²) in [5, 5.41) is 8.86. The first-order chi connectivity index (χ1) is 8.08. The zero-order chi connectivity index (χ0) is 12.8. The first kappa shape index (κ1) is 13.6. The van der Waals surface area contributed by atoms with Crippen molar-refractivity contribution < 1.29 is 18.7 Å². The highest BCUT2D eigenvalue weighted by molar-refractivity contribution is 5.77. The molecule has 0 amide bonds. The van der Waals surface area contributed by atoms with Crippen LogP contribution in [0.5, 0.6) is 0 Å². The molecule has 0 aliphatic heterocycles. The molecule has 1 aromatic rings. The van der Waals surface area contributed by atoms with E-state index in [0.717, 1.165) is 5.56 Å². The summed E-state index contributed by atoms with van der Waals surface area (Å²) in [6.45, 7) is 1.27. The van der Waals surface area contributed by atoms with Gasteiger partial charge in [0, 0.05) is 17.8 Å². The van der Waals surface area contributed by atoms with Crippen molar-refractivity contribution in [1.82, 2.24) is 0 Å². The second-order valence-corrected chi connectivity index (χ2v) is 3.72. The summed E-state index contributed by atoms with van der Waals surface area (Å²) in [5.41, 5.74) is 1.86. The largest absolute Gasteiger partial charge is 0.395 e. The number of halogens is 2. The third-order valence-electron chi connectivity index (χ3n) is 2.43.